The van der Waals surface area contributed by atoms with Crippen LogP contribution in [0.3, 0.4) is 0 Å². The van der Waals surface area contributed by atoms with Crippen LogP contribution in [0, 0.1) is 0 Å². The monoisotopic (exact) mass is 470 g/mol. The Kier molecular flexibility index (Phi) is 7.76. The fraction of sp³-hybridized carbons (Fsp3) is 0.333. The molecule has 1 aliphatic rings. The van der Waals surface area contributed by atoms with Crippen molar-refractivity contribution in [1.82, 2.24) is 15.6 Å². The minimum Gasteiger partial charge on any atom is -0.486 e. The number of aromatic nitrogens is 1. The van der Waals surface area contributed by atoms with Crippen LogP contribution in [0.4, 0.5) is 0 Å². The summed E-state index contributed by atoms with van der Waals surface area (Å²) in [5.41, 5.74) is 1.06. The third-order valence-electron chi connectivity index (χ3n) is 3.76. The zero-order chi connectivity index (χ0) is 17.5. The number of hydrogen-bond donors (Lipinski definition) is 2. The van der Waals surface area contributed by atoms with E-state index in [0.29, 0.717) is 31.5 Å². The van der Waals surface area contributed by atoms with Gasteiger partial charge >= 0.3 is 0 Å². The number of methoxy groups -OCH3 is 1. The van der Waals surface area contributed by atoms with Crippen molar-refractivity contribution in [2.75, 3.05) is 27.3 Å². The van der Waals surface area contributed by atoms with Crippen molar-refractivity contribution < 1.29 is 14.2 Å². The van der Waals surface area contributed by atoms with Crippen LogP contribution in [0.2, 0.25) is 0 Å². The molecule has 0 aliphatic carbocycles. The lowest BCUT2D eigenvalue weighted by Crippen LogP contribution is -2.45. The van der Waals surface area contributed by atoms with Gasteiger partial charge in [-0.2, -0.15) is 0 Å². The van der Waals surface area contributed by atoms with Gasteiger partial charge < -0.3 is 24.8 Å². The number of hydrogen-bond acceptors (Lipinski definition) is 5. The second-order valence-electron chi connectivity index (χ2n) is 5.51. The molecule has 140 valence electrons. The summed E-state index contributed by atoms with van der Waals surface area (Å²) in [5, 5.41) is 6.51. The van der Waals surface area contributed by atoms with Crippen LogP contribution in [0.5, 0.6) is 17.4 Å². The van der Waals surface area contributed by atoms with E-state index in [0.717, 1.165) is 17.1 Å². The molecule has 3 rings (SSSR count). The lowest BCUT2D eigenvalue weighted by Gasteiger charge is -2.27. The van der Waals surface area contributed by atoms with E-state index in [2.05, 4.69) is 20.6 Å². The number of halogens is 1. The smallest absolute Gasteiger partial charge is 0.213 e. The summed E-state index contributed by atoms with van der Waals surface area (Å²) in [5.74, 6) is 2.84. The first-order valence-corrected chi connectivity index (χ1v) is 8.10. The van der Waals surface area contributed by atoms with E-state index >= 15 is 0 Å². The van der Waals surface area contributed by atoms with Crippen molar-refractivity contribution in [2.45, 2.75) is 12.6 Å². The zero-order valence-corrected chi connectivity index (χ0v) is 17.1. The number of rotatable bonds is 5. The third kappa shape index (κ3) is 5.38. The van der Waals surface area contributed by atoms with Gasteiger partial charge in [-0.3, -0.25) is 4.99 Å². The molecule has 0 amide bonds. The largest absolute Gasteiger partial charge is 0.486 e. The van der Waals surface area contributed by atoms with Gasteiger partial charge in [-0.1, -0.05) is 12.1 Å². The highest BCUT2D eigenvalue weighted by atomic mass is 127. The number of pyridine rings is 1. The van der Waals surface area contributed by atoms with Crippen molar-refractivity contribution in [3.8, 4) is 17.4 Å². The number of fused-ring (bicyclic) bond motifs is 1. The van der Waals surface area contributed by atoms with Gasteiger partial charge in [0.15, 0.2) is 17.5 Å². The summed E-state index contributed by atoms with van der Waals surface area (Å²) in [6.07, 6.45) is 1.64. The first-order valence-electron chi connectivity index (χ1n) is 8.10. The lowest BCUT2D eigenvalue weighted by molar-refractivity contribution is 0.0936. The molecule has 0 saturated heterocycles. The maximum absolute atomic E-state index is 5.92. The Hall–Kier alpha value is -2.23. The molecule has 26 heavy (non-hydrogen) atoms. The third-order valence-corrected chi connectivity index (χ3v) is 3.76. The average Bonchev–Trinajstić information content (AvgIpc) is 2.68. The molecule has 1 unspecified atom stereocenters. The Labute approximate surface area is 170 Å². The topological polar surface area (TPSA) is 77.0 Å². The molecule has 0 bridgehead atoms. The minimum atomic E-state index is -0.0746. The molecule has 1 aliphatic heterocycles. The predicted molar refractivity (Wildman–Crippen MR) is 111 cm³/mol. The molecule has 1 aromatic carbocycles. The van der Waals surface area contributed by atoms with Gasteiger partial charge in [0, 0.05) is 25.9 Å². The van der Waals surface area contributed by atoms with Gasteiger partial charge in [-0.05, 0) is 23.8 Å². The number of aliphatic imine (C=N–C) groups is 1. The highest BCUT2D eigenvalue weighted by Crippen LogP contribution is 2.30. The summed E-state index contributed by atoms with van der Waals surface area (Å²) in [6.45, 7) is 1.71. The molecule has 2 heterocycles. The van der Waals surface area contributed by atoms with Crippen molar-refractivity contribution in [1.29, 1.82) is 0 Å². The Morgan fingerprint density at radius 1 is 1.27 bits per heavy atom. The second-order valence-corrected chi connectivity index (χ2v) is 5.51. The van der Waals surface area contributed by atoms with Crippen LogP contribution in [0.1, 0.15) is 5.56 Å². The van der Waals surface area contributed by atoms with Crippen LogP contribution in [-0.2, 0) is 6.54 Å². The van der Waals surface area contributed by atoms with Crippen molar-refractivity contribution in [3.63, 3.8) is 0 Å². The van der Waals surface area contributed by atoms with Crippen LogP contribution < -0.4 is 24.8 Å². The van der Waals surface area contributed by atoms with E-state index < -0.39 is 0 Å². The molecule has 7 nitrogen and oxygen atoms in total. The van der Waals surface area contributed by atoms with Crippen LogP contribution in [0.15, 0.2) is 47.6 Å². The number of benzene rings is 1. The van der Waals surface area contributed by atoms with E-state index in [1.807, 2.05) is 36.4 Å². The van der Waals surface area contributed by atoms with Crippen molar-refractivity contribution in [3.05, 3.63) is 48.2 Å². The number of para-hydroxylation sites is 2. The highest BCUT2D eigenvalue weighted by Gasteiger charge is 2.20. The second kappa shape index (κ2) is 10.0. The van der Waals surface area contributed by atoms with Crippen molar-refractivity contribution >= 4 is 29.9 Å². The van der Waals surface area contributed by atoms with Crippen molar-refractivity contribution in [2.24, 2.45) is 4.99 Å². The quantitative estimate of drug-likeness (QED) is 0.397. The Morgan fingerprint density at radius 3 is 2.85 bits per heavy atom. The van der Waals surface area contributed by atoms with Gasteiger partial charge in [0.1, 0.15) is 12.7 Å². The molecule has 1 atom stereocenters. The minimum absolute atomic E-state index is 0. The number of guanidine groups is 1. The SMILES string of the molecule is CN=C(NCc1ccnc(OC)c1)NCC1COc2ccccc2O1.I. The number of nitrogens with one attached hydrogen (secondary N) is 2. The Morgan fingerprint density at radius 2 is 2.08 bits per heavy atom. The summed E-state index contributed by atoms with van der Waals surface area (Å²) in [6, 6.07) is 11.5. The van der Waals surface area contributed by atoms with Gasteiger partial charge in [0.05, 0.1) is 13.7 Å². The van der Waals surface area contributed by atoms with Crippen LogP contribution in [-0.4, -0.2) is 44.4 Å². The van der Waals surface area contributed by atoms with E-state index in [1.165, 1.54) is 0 Å². The van der Waals surface area contributed by atoms with Crippen LogP contribution in [0.25, 0.3) is 0 Å². The standard InChI is InChI=1S/C18H22N4O3.HI/c1-19-18(21-10-13-7-8-20-17(9-13)23-2)22-11-14-12-24-15-5-3-4-6-16(15)25-14;/h3-9,14H,10-12H2,1-2H3,(H2,19,21,22);1H. The molecule has 0 spiro atoms. The molecular weight excluding hydrogens is 447 g/mol. The lowest BCUT2D eigenvalue weighted by atomic mass is 10.2. The Balaban J connectivity index is 0.00000243. The molecule has 8 heteroatoms. The maximum Gasteiger partial charge on any atom is 0.213 e. The average molecular weight is 470 g/mol. The molecule has 0 saturated carbocycles. The van der Waals surface area contributed by atoms with Crippen LogP contribution >= 0.6 is 24.0 Å². The van der Waals surface area contributed by atoms with Gasteiger partial charge in [-0.25, -0.2) is 4.98 Å². The summed E-state index contributed by atoms with van der Waals surface area (Å²) in [4.78, 5) is 8.32. The molecule has 0 fully saturated rings. The van der Waals surface area contributed by atoms with E-state index in [9.17, 15) is 0 Å². The van der Waals surface area contributed by atoms with Gasteiger partial charge in [0.25, 0.3) is 0 Å². The highest BCUT2D eigenvalue weighted by molar-refractivity contribution is 14.0. The fourth-order valence-corrected chi connectivity index (χ4v) is 2.45. The normalized spacial score (nSPS) is 15.6. The fourth-order valence-electron chi connectivity index (χ4n) is 2.45. The molecule has 0 radical (unpaired) electrons. The zero-order valence-electron chi connectivity index (χ0n) is 14.8. The van der Waals surface area contributed by atoms with E-state index in [1.54, 1.807) is 20.4 Å². The van der Waals surface area contributed by atoms with Gasteiger partial charge in [-0.15, -0.1) is 24.0 Å². The first kappa shape index (κ1) is 20.1. The summed E-state index contributed by atoms with van der Waals surface area (Å²) >= 11 is 0. The maximum atomic E-state index is 5.92. The number of nitrogens with zero attached hydrogens (tertiary/aromatic N) is 2. The molecular formula is C18H23IN4O3. The van der Waals surface area contributed by atoms with E-state index in [4.69, 9.17) is 14.2 Å². The molecule has 2 N–H and O–H groups in total. The Bertz CT molecular complexity index is 742. The van der Waals surface area contributed by atoms with E-state index in [-0.39, 0.29) is 30.1 Å². The number of ether oxygens (including phenoxy) is 3. The summed E-state index contributed by atoms with van der Waals surface area (Å²) in [7, 11) is 3.33. The predicted octanol–water partition coefficient (Wildman–Crippen LogP) is 2.21. The molecule has 2 aromatic rings. The van der Waals surface area contributed by atoms with Gasteiger partial charge in [0.2, 0.25) is 5.88 Å². The first-order chi connectivity index (χ1) is 12.3. The summed E-state index contributed by atoms with van der Waals surface area (Å²) < 4.78 is 16.8. The molecule has 1 aromatic heterocycles.